The third-order valence-corrected chi connectivity index (χ3v) is 2.17. The standard InChI is InChI=1S/C6H7NO5.C4H8O.C2H6O/c1-11-6(10)12-7-4(8)2-3-5(7)9;1-2-4-5-3-1;1-2-3/h2-3H2,1H3;1-4H2;3H,2H2,1H3. The summed E-state index contributed by atoms with van der Waals surface area (Å²) >= 11 is 0. The van der Waals surface area contributed by atoms with Gasteiger partial charge < -0.3 is 14.6 Å². The summed E-state index contributed by atoms with van der Waals surface area (Å²) in [5, 5.41) is 7.99. The lowest BCUT2D eigenvalue weighted by Crippen LogP contribution is -2.31. The molecule has 2 aliphatic rings. The molecule has 0 aromatic rings. The first-order valence-electron chi connectivity index (χ1n) is 6.37. The number of ether oxygens (including phenoxy) is 2. The molecule has 0 radical (unpaired) electrons. The zero-order valence-corrected chi connectivity index (χ0v) is 11.8. The van der Waals surface area contributed by atoms with Crippen LogP contribution in [0.5, 0.6) is 0 Å². The van der Waals surface area contributed by atoms with Crippen LogP contribution in [0.2, 0.25) is 0 Å². The highest BCUT2D eigenvalue weighted by Crippen LogP contribution is 2.12. The van der Waals surface area contributed by atoms with Crippen molar-refractivity contribution >= 4 is 18.0 Å². The largest absolute Gasteiger partial charge is 0.533 e. The number of carbonyl (C=O) groups excluding carboxylic acids is 3. The van der Waals surface area contributed by atoms with Crippen molar-refractivity contribution in [2.45, 2.75) is 32.6 Å². The van der Waals surface area contributed by atoms with Crippen molar-refractivity contribution in [2.75, 3.05) is 26.9 Å². The fourth-order valence-corrected chi connectivity index (χ4v) is 1.28. The number of rotatable bonds is 1. The van der Waals surface area contributed by atoms with Crippen molar-refractivity contribution in [3.63, 3.8) is 0 Å². The number of hydroxylamine groups is 2. The Labute approximate surface area is 117 Å². The molecule has 0 bridgehead atoms. The first-order chi connectivity index (χ1) is 9.56. The lowest BCUT2D eigenvalue weighted by molar-refractivity contribution is -0.176. The predicted molar refractivity (Wildman–Crippen MR) is 67.4 cm³/mol. The van der Waals surface area contributed by atoms with E-state index in [1.807, 2.05) is 0 Å². The van der Waals surface area contributed by atoms with E-state index in [0.29, 0.717) is 5.06 Å². The van der Waals surface area contributed by atoms with Crippen LogP contribution in [-0.4, -0.2) is 55.1 Å². The zero-order chi connectivity index (χ0) is 15.4. The molecule has 0 unspecified atom stereocenters. The second kappa shape index (κ2) is 11.2. The van der Waals surface area contributed by atoms with E-state index in [0.717, 1.165) is 20.3 Å². The summed E-state index contributed by atoms with van der Waals surface area (Å²) in [6, 6.07) is 0. The monoisotopic (exact) mass is 291 g/mol. The Bertz CT molecular complexity index is 291. The van der Waals surface area contributed by atoms with Gasteiger partial charge in [-0.05, 0) is 19.8 Å². The molecule has 2 heterocycles. The van der Waals surface area contributed by atoms with Crippen molar-refractivity contribution in [3.8, 4) is 0 Å². The molecule has 20 heavy (non-hydrogen) atoms. The number of amides is 2. The Kier molecular flexibility index (Phi) is 10.2. The SMILES string of the molecule is C1CCOC1.CCO.COC(=O)ON1C(=O)CCC1=O. The van der Waals surface area contributed by atoms with E-state index in [-0.39, 0.29) is 19.4 Å². The molecular weight excluding hydrogens is 270 g/mol. The minimum atomic E-state index is -1.07. The fraction of sp³-hybridized carbons (Fsp3) is 0.750. The van der Waals surface area contributed by atoms with E-state index in [4.69, 9.17) is 9.84 Å². The summed E-state index contributed by atoms with van der Waals surface area (Å²) in [7, 11) is 1.09. The van der Waals surface area contributed by atoms with Crippen LogP contribution in [-0.2, 0) is 23.9 Å². The maximum atomic E-state index is 10.8. The van der Waals surface area contributed by atoms with Gasteiger partial charge in [-0.1, -0.05) is 5.06 Å². The normalized spacial score (nSPS) is 16.9. The molecule has 8 heteroatoms. The van der Waals surface area contributed by atoms with Crippen LogP contribution in [0.15, 0.2) is 0 Å². The Morgan fingerprint density at radius 2 is 1.70 bits per heavy atom. The summed E-state index contributed by atoms with van der Waals surface area (Å²) in [6.07, 6.45) is 1.64. The van der Waals surface area contributed by atoms with E-state index in [1.54, 1.807) is 6.92 Å². The number of hydrogen-bond donors (Lipinski definition) is 1. The van der Waals surface area contributed by atoms with Crippen LogP contribution in [0, 0.1) is 0 Å². The van der Waals surface area contributed by atoms with Crippen LogP contribution in [0.4, 0.5) is 4.79 Å². The van der Waals surface area contributed by atoms with Crippen molar-refractivity contribution in [2.24, 2.45) is 0 Å². The third-order valence-electron chi connectivity index (χ3n) is 2.17. The molecular formula is C12H21NO7. The van der Waals surface area contributed by atoms with E-state index in [2.05, 4.69) is 9.57 Å². The highest BCUT2D eigenvalue weighted by molar-refractivity contribution is 6.01. The van der Waals surface area contributed by atoms with Gasteiger partial charge in [-0.25, -0.2) is 4.79 Å². The number of aliphatic hydroxyl groups is 1. The first-order valence-corrected chi connectivity index (χ1v) is 6.37. The highest BCUT2D eigenvalue weighted by atomic mass is 16.8. The summed E-state index contributed by atoms with van der Waals surface area (Å²) < 4.78 is 9.05. The molecule has 116 valence electrons. The molecule has 2 rings (SSSR count). The van der Waals surface area contributed by atoms with Crippen LogP contribution in [0.1, 0.15) is 32.6 Å². The predicted octanol–water partition coefficient (Wildman–Crippen LogP) is 0.629. The molecule has 0 atom stereocenters. The number of carbonyl (C=O) groups is 3. The van der Waals surface area contributed by atoms with Crippen LogP contribution in [0.25, 0.3) is 0 Å². The Hall–Kier alpha value is -1.67. The van der Waals surface area contributed by atoms with E-state index in [1.165, 1.54) is 12.8 Å². The van der Waals surface area contributed by atoms with Gasteiger partial charge >= 0.3 is 6.16 Å². The number of nitrogens with zero attached hydrogens (tertiary/aromatic N) is 1. The topological polar surface area (TPSA) is 102 Å². The zero-order valence-electron chi connectivity index (χ0n) is 11.8. The lowest BCUT2D eigenvalue weighted by atomic mass is 10.4. The van der Waals surface area contributed by atoms with Crippen molar-refractivity contribution in [1.82, 2.24) is 5.06 Å². The van der Waals surface area contributed by atoms with Gasteiger partial charge in [-0.2, -0.15) is 0 Å². The minimum Gasteiger partial charge on any atom is -0.436 e. The highest BCUT2D eigenvalue weighted by Gasteiger charge is 2.33. The summed E-state index contributed by atoms with van der Waals surface area (Å²) in [5.41, 5.74) is 0. The molecule has 0 aromatic heterocycles. The molecule has 2 fully saturated rings. The minimum absolute atomic E-state index is 0.0792. The Morgan fingerprint density at radius 3 is 2.00 bits per heavy atom. The molecule has 0 spiro atoms. The summed E-state index contributed by atoms with van der Waals surface area (Å²) in [6.45, 7) is 3.93. The van der Waals surface area contributed by atoms with Crippen LogP contribution in [0.3, 0.4) is 0 Å². The molecule has 0 saturated carbocycles. The molecule has 1 N–H and O–H groups in total. The molecule has 0 aliphatic carbocycles. The van der Waals surface area contributed by atoms with Crippen molar-refractivity contribution in [3.05, 3.63) is 0 Å². The van der Waals surface area contributed by atoms with Gasteiger partial charge in [0.2, 0.25) is 0 Å². The average molecular weight is 291 g/mol. The van der Waals surface area contributed by atoms with Gasteiger partial charge in [0.25, 0.3) is 11.8 Å². The van der Waals surface area contributed by atoms with Gasteiger partial charge in [0.1, 0.15) is 0 Å². The van der Waals surface area contributed by atoms with E-state index >= 15 is 0 Å². The molecule has 2 aliphatic heterocycles. The van der Waals surface area contributed by atoms with Gasteiger partial charge in [0.05, 0.1) is 7.11 Å². The fourth-order valence-electron chi connectivity index (χ4n) is 1.28. The van der Waals surface area contributed by atoms with E-state index in [9.17, 15) is 14.4 Å². The smallest absolute Gasteiger partial charge is 0.436 e. The average Bonchev–Trinajstić information content (AvgIpc) is 3.09. The quantitative estimate of drug-likeness (QED) is 0.558. The van der Waals surface area contributed by atoms with Crippen molar-refractivity contribution < 1.29 is 33.8 Å². The van der Waals surface area contributed by atoms with Crippen LogP contribution < -0.4 is 0 Å². The number of imide groups is 1. The third kappa shape index (κ3) is 7.70. The van der Waals surface area contributed by atoms with Gasteiger partial charge in [-0.15, -0.1) is 0 Å². The maximum Gasteiger partial charge on any atom is 0.533 e. The van der Waals surface area contributed by atoms with Crippen molar-refractivity contribution in [1.29, 1.82) is 0 Å². The summed E-state index contributed by atoms with van der Waals surface area (Å²) in [4.78, 5) is 36.3. The molecule has 8 nitrogen and oxygen atoms in total. The molecule has 2 amide bonds. The lowest BCUT2D eigenvalue weighted by Gasteiger charge is -2.10. The Morgan fingerprint density at radius 1 is 1.25 bits per heavy atom. The molecule has 0 aromatic carbocycles. The number of aliphatic hydroxyl groups excluding tert-OH is 1. The van der Waals surface area contributed by atoms with Crippen LogP contribution >= 0.6 is 0 Å². The number of hydrogen-bond acceptors (Lipinski definition) is 7. The second-order valence-electron chi connectivity index (χ2n) is 3.76. The van der Waals surface area contributed by atoms with Gasteiger partial charge in [0.15, 0.2) is 0 Å². The van der Waals surface area contributed by atoms with E-state index < -0.39 is 18.0 Å². The maximum absolute atomic E-state index is 10.8. The first kappa shape index (κ1) is 18.3. The van der Waals surface area contributed by atoms with Gasteiger partial charge in [0, 0.05) is 32.7 Å². The van der Waals surface area contributed by atoms with Gasteiger partial charge in [-0.3, -0.25) is 14.4 Å². The number of methoxy groups -OCH3 is 1. The summed E-state index contributed by atoms with van der Waals surface area (Å²) in [5.74, 6) is -1.05. The second-order valence-corrected chi connectivity index (χ2v) is 3.76. The molecule has 2 saturated heterocycles. The Balaban J connectivity index is 0.000000371.